The standard InChI is InChI=1S/C29H29FN8O2/c1-3-26(40)34-20-8-9-32-24(15-20)27-18(14-25(31)39)4-5-19-17-33-29(36-28(19)27)35-23-7-6-21(16-22(23)30)38-12-10-37(2)11-13-38/h3-9,15-17H,1,10-14H2,2H3,(H2,31,39)(H,32,34,40)(H,33,35,36). The number of primary amides is 1. The van der Waals surface area contributed by atoms with Gasteiger partial charge < -0.3 is 26.2 Å². The van der Waals surface area contributed by atoms with Crippen LogP contribution in [0.3, 0.4) is 0 Å². The minimum absolute atomic E-state index is 0.0503. The minimum Gasteiger partial charge on any atom is -0.369 e. The van der Waals surface area contributed by atoms with E-state index in [1.54, 1.807) is 42.7 Å². The van der Waals surface area contributed by atoms with Crippen LogP contribution in [0, 0.1) is 5.82 Å². The Morgan fingerprint density at radius 2 is 1.90 bits per heavy atom. The number of carbonyl (C=O) groups excluding carboxylic acids is 2. The maximum atomic E-state index is 15.2. The minimum atomic E-state index is -0.522. The summed E-state index contributed by atoms with van der Waals surface area (Å²) >= 11 is 0. The van der Waals surface area contributed by atoms with E-state index < -0.39 is 11.7 Å². The lowest BCUT2D eigenvalue weighted by Crippen LogP contribution is -2.44. The zero-order chi connectivity index (χ0) is 28.2. The number of aromatic nitrogens is 3. The Morgan fingerprint density at radius 1 is 1.10 bits per heavy atom. The van der Waals surface area contributed by atoms with E-state index in [1.807, 2.05) is 6.07 Å². The number of amides is 2. The number of carbonyl (C=O) groups is 2. The van der Waals surface area contributed by atoms with Crippen LogP contribution in [0.4, 0.5) is 27.4 Å². The second-order valence-electron chi connectivity index (χ2n) is 9.58. The predicted molar refractivity (Wildman–Crippen MR) is 154 cm³/mol. The van der Waals surface area contributed by atoms with Crippen molar-refractivity contribution in [2.75, 3.05) is 48.8 Å². The summed E-state index contributed by atoms with van der Waals surface area (Å²) in [7, 11) is 2.07. The Labute approximate surface area is 230 Å². The third-order valence-corrected chi connectivity index (χ3v) is 6.74. The van der Waals surface area contributed by atoms with Gasteiger partial charge in [0.25, 0.3) is 0 Å². The average Bonchev–Trinajstić information content (AvgIpc) is 2.94. The smallest absolute Gasteiger partial charge is 0.247 e. The third kappa shape index (κ3) is 5.89. The fourth-order valence-electron chi connectivity index (χ4n) is 4.65. The summed E-state index contributed by atoms with van der Waals surface area (Å²) in [4.78, 5) is 41.7. The summed E-state index contributed by atoms with van der Waals surface area (Å²) in [6.07, 6.45) is 4.27. The Balaban J connectivity index is 1.51. The first-order chi connectivity index (χ1) is 19.3. The fraction of sp³-hybridized carbons (Fsp3) is 0.207. The van der Waals surface area contributed by atoms with E-state index in [2.05, 4.69) is 49.0 Å². The van der Waals surface area contributed by atoms with Crippen molar-refractivity contribution in [3.05, 3.63) is 78.9 Å². The van der Waals surface area contributed by atoms with Crippen LogP contribution in [-0.2, 0) is 16.0 Å². The quantitative estimate of drug-likeness (QED) is 0.290. The van der Waals surface area contributed by atoms with E-state index in [9.17, 15) is 9.59 Å². The number of nitrogens with one attached hydrogen (secondary N) is 2. The molecular formula is C29H29FN8O2. The molecule has 1 saturated heterocycles. The number of anilines is 4. The third-order valence-electron chi connectivity index (χ3n) is 6.74. The van der Waals surface area contributed by atoms with Gasteiger partial charge in [-0.25, -0.2) is 14.4 Å². The van der Waals surface area contributed by atoms with Gasteiger partial charge in [0.1, 0.15) is 5.82 Å². The highest BCUT2D eigenvalue weighted by Gasteiger charge is 2.18. The first-order valence-corrected chi connectivity index (χ1v) is 12.8. The molecule has 0 spiro atoms. The molecule has 0 bridgehead atoms. The van der Waals surface area contributed by atoms with E-state index in [-0.39, 0.29) is 24.0 Å². The van der Waals surface area contributed by atoms with Gasteiger partial charge in [-0.1, -0.05) is 18.7 Å². The molecular weight excluding hydrogens is 511 g/mol. The molecule has 4 N–H and O–H groups in total. The molecule has 0 saturated carbocycles. The number of piperazine rings is 1. The van der Waals surface area contributed by atoms with Gasteiger partial charge in [0.2, 0.25) is 17.8 Å². The molecule has 2 amide bonds. The summed E-state index contributed by atoms with van der Waals surface area (Å²) < 4.78 is 15.2. The highest BCUT2D eigenvalue weighted by molar-refractivity contribution is 6.00. The zero-order valence-corrected chi connectivity index (χ0v) is 22.0. The first-order valence-electron chi connectivity index (χ1n) is 12.8. The molecule has 11 heteroatoms. The van der Waals surface area contributed by atoms with Gasteiger partial charge in [-0.05, 0) is 49.0 Å². The SMILES string of the molecule is C=CC(=O)Nc1ccnc(-c2c(CC(N)=O)ccc3cnc(Nc4ccc(N5CCN(C)CC5)cc4F)nc23)c1. The Morgan fingerprint density at radius 3 is 2.62 bits per heavy atom. The monoisotopic (exact) mass is 540 g/mol. The maximum Gasteiger partial charge on any atom is 0.247 e. The molecule has 2 aromatic carbocycles. The van der Waals surface area contributed by atoms with Crippen LogP contribution in [0.5, 0.6) is 0 Å². The Kier molecular flexibility index (Phi) is 7.65. The lowest BCUT2D eigenvalue weighted by molar-refractivity contribution is -0.117. The molecule has 3 heterocycles. The van der Waals surface area contributed by atoms with Crippen LogP contribution >= 0.6 is 0 Å². The van der Waals surface area contributed by atoms with Crippen molar-refractivity contribution in [3.8, 4) is 11.3 Å². The highest BCUT2D eigenvalue weighted by atomic mass is 19.1. The van der Waals surface area contributed by atoms with E-state index in [4.69, 9.17) is 5.73 Å². The van der Waals surface area contributed by atoms with Gasteiger partial charge in [-0.2, -0.15) is 0 Å². The normalized spacial score (nSPS) is 13.7. The molecule has 0 aliphatic carbocycles. The molecule has 1 aliphatic rings. The van der Waals surface area contributed by atoms with Gasteiger partial charge in [-0.15, -0.1) is 0 Å². The van der Waals surface area contributed by atoms with E-state index in [1.165, 1.54) is 12.1 Å². The average molecular weight is 541 g/mol. The van der Waals surface area contributed by atoms with Gasteiger partial charge in [0, 0.05) is 60.9 Å². The Bertz CT molecular complexity index is 1600. The lowest BCUT2D eigenvalue weighted by Gasteiger charge is -2.34. The van der Waals surface area contributed by atoms with Crippen molar-refractivity contribution in [1.82, 2.24) is 19.9 Å². The highest BCUT2D eigenvalue weighted by Crippen LogP contribution is 2.33. The van der Waals surface area contributed by atoms with Gasteiger partial charge in [0.15, 0.2) is 0 Å². The van der Waals surface area contributed by atoms with Crippen molar-refractivity contribution in [1.29, 1.82) is 0 Å². The number of rotatable bonds is 8. The van der Waals surface area contributed by atoms with Crippen molar-refractivity contribution in [2.24, 2.45) is 5.73 Å². The molecule has 5 rings (SSSR count). The molecule has 0 unspecified atom stereocenters. The van der Waals surface area contributed by atoms with E-state index >= 15 is 4.39 Å². The predicted octanol–water partition coefficient (Wildman–Crippen LogP) is 3.48. The van der Waals surface area contributed by atoms with Crippen molar-refractivity contribution in [3.63, 3.8) is 0 Å². The van der Waals surface area contributed by atoms with Crippen LogP contribution in [0.15, 0.2) is 67.5 Å². The number of hydrogen-bond acceptors (Lipinski definition) is 8. The van der Waals surface area contributed by atoms with Gasteiger partial charge in [-0.3, -0.25) is 14.6 Å². The summed E-state index contributed by atoms with van der Waals surface area (Å²) in [5.74, 6) is -1.14. The molecule has 2 aromatic heterocycles. The van der Waals surface area contributed by atoms with Crippen LogP contribution < -0.4 is 21.3 Å². The van der Waals surface area contributed by atoms with E-state index in [0.29, 0.717) is 33.4 Å². The van der Waals surface area contributed by atoms with Crippen LogP contribution in [0.25, 0.3) is 22.2 Å². The molecule has 204 valence electrons. The lowest BCUT2D eigenvalue weighted by atomic mass is 9.97. The molecule has 0 radical (unpaired) electrons. The number of fused-ring (bicyclic) bond motifs is 1. The molecule has 10 nitrogen and oxygen atoms in total. The molecule has 0 atom stereocenters. The zero-order valence-electron chi connectivity index (χ0n) is 22.0. The summed E-state index contributed by atoms with van der Waals surface area (Å²) in [5.41, 5.74) is 9.20. The first kappa shape index (κ1) is 26.7. The number of nitrogens with two attached hydrogens (primary N) is 1. The number of hydrogen-bond donors (Lipinski definition) is 3. The summed E-state index contributed by atoms with van der Waals surface area (Å²) in [6.45, 7) is 6.98. The molecule has 1 fully saturated rings. The molecule has 4 aromatic rings. The second kappa shape index (κ2) is 11.5. The number of likely N-dealkylation sites (N-methyl/N-ethyl adjacent to an activating group) is 1. The van der Waals surface area contributed by atoms with Crippen LogP contribution in [0.1, 0.15) is 5.56 Å². The van der Waals surface area contributed by atoms with Crippen LogP contribution in [-0.4, -0.2) is 64.9 Å². The largest absolute Gasteiger partial charge is 0.369 e. The van der Waals surface area contributed by atoms with Crippen molar-refractivity contribution >= 4 is 45.7 Å². The van der Waals surface area contributed by atoms with Gasteiger partial charge >= 0.3 is 0 Å². The molecule has 40 heavy (non-hydrogen) atoms. The second-order valence-corrected chi connectivity index (χ2v) is 9.58. The number of pyridine rings is 1. The number of benzene rings is 2. The van der Waals surface area contributed by atoms with E-state index in [0.717, 1.165) is 31.9 Å². The summed E-state index contributed by atoms with van der Waals surface area (Å²) in [6, 6.07) is 11.9. The van der Waals surface area contributed by atoms with Crippen molar-refractivity contribution in [2.45, 2.75) is 6.42 Å². The summed E-state index contributed by atoms with van der Waals surface area (Å²) in [5, 5.41) is 6.37. The maximum absolute atomic E-state index is 15.2. The Hall–Kier alpha value is -4.90. The van der Waals surface area contributed by atoms with Crippen molar-refractivity contribution < 1.29 is 14.0 Å². The topological polar surface area (TPSA) is 129 Å². The fourth-order valence-corrected chi connectivity index (χ4v) is 4.65. The number of halogens is 1. The number of nitrogens with zero attached hydrogens (tertiary/aromatic N) is 5. The van der Waals surface area contributed by atoms with Gasteiger partial charge in [0.05, 0.1) is 23.3 Å². The van der Waals surface area contributed by atoms with Crippen LogP contribution in [0.2, 0.25) is 0 Å². The molecule has 1 aliphatic heterocycles.